The lowest BCUT2D eigenvalue weighted by Crippen LogP contribution is -2.33. The first-order valence-electron chi connectivity index (χ1n) is 8.45. The molecule has 0 amide bonds. The van der Waals surface area contributed by atoms with Crippen molar-refractivity contribution in [1.29, 1.82) is 0 Å². The van der Waals surface area contributed by atoms with Crippen molar-refractivity contribution >= 4 is 0 Å². The van der Waals surface area contributed by atoms with Crippen molar-refractivity contribution < 1.29 is 4.74 Å². The van der Waals surface area contributed by atoms with Crippen LogP contribution in [-0.2, 0) is 10.2 Å². The van der Waals surface area contributed by atoms with E-state index in [1.807, 2.05) is 0 Å². The zero-order valence-corrected chi connectivity index (χ0v) is 14.1. The molecule has 118 valence electrons. The third kappa shape index (κ3) is 4.55. The van der Waals surface area contributed by atoms with Gasteiger partial charge in [-0.1, -0.05) is 38.1 Å². The Kier molecular flexibility index (Phi) is 5.83. The van der Waals surface area contributed by atoms with E-state index >= 15 is 0 Å². The largest absolute Gasteiger partial charge is 0.379 e. The van der Waals surface area contributed by atoms with Crippen molar-refractivity contribution in [1.82, 2.24) is 5.32 Å². The number of hydrogen-bond acceptors (Lipinski definition) is 2. The van der Waals surface area contributed by atoms with Crippen LogP contribution in [0.25, 0.3) is 0 Å². The van der Waals surface area contributed by atoms with E-state index in [9.17, 15) is 0 Å². The number of rotatable bonds is 7. The first-order chi connectivity index (χ1) is 10.0. The van der Waals surface area contributed by atoms with Gasteiger partial charge < -0.3 is 10.1 Å². The van der Waals surface area contributed by atoms with E-state index in [0.717, 1.165) is 19.6 Å². The second kappa shape index (κ2) is 7.42. The van der Waals surface area contributed by atoms with Crippen LogP contribution in [0.5, 0.6) is 0 Å². The summed E-state index contributed by atoms with van der Waals surface area (Å²) in [6.45, 7) is 10.9. The molecule has 0 spiro atoms. The molecule has 0 aliphatic heterocycles. The summed E-state index contributed by atoms with van der Waals surface area (Å²) < 4.78 is 5.59. The Hall–Kier alpha value is -0.860. The molecule has 0 fully saturated rings. The van der Waals surface area contributed by atoms with Crippen LogP contribution in [0.2, 0.25) is 0 Å². The molecule has 1 aliphatic rings. The maximum atomic E-state index is 5.59. The Morgan fingerprint density at radius 2 is 2.00 bits per heavy atom. The molecule has 0 saturated heterocycles. The Bertz CT molecular complexity index is 439. The highest BCUT2D eigenvalue weighted by Gasteiger charge is 2.31. The van der Waals surface area contributed by atoms with Gasteiger partial charge in [0.25, 0.3) is 0 Å². The number of hydrogen-bond donors (Lipinski definition) is 1. The predicted octanol–water partition coefficient (Wildman–Crippen LogP) is 4.59. The molecule has 0 radical (unpaired) electrons. The molecule has 0 aromatic heterocycles. The quantitative estimate of drug-likeness (QED) is 0.741. The molecule has 2 heteroatoms. The molecule has 1 aromatic carbocycles. The normalized spacial score (nSPS) is 20.5. The molecule has 21 heavy (non-hydrogen) atoms. The molecule has 1 aromatic rings. The maximum Gasteiger partial charge on any atom is 0.0518 e. The summed E-state index contributed by atoms with van der Waals surface area (Å²) in [5.74, 6) is 0. The van der Waals surface area contributed by atoms with Gasteiger partial charge in [0.1, 0.15) is 0 Å². The van der Waals surface area contributed by atoms with E-state index < -0.39 is 0 Å². The summed E-state index contributed by atoms with van der Waals surface area (Å²) in [5.41, 5.74) is 3.35. The third-order valence-corrected chi connectivity index (χ3v) is 4.54. The van der Waals surface area contributed by atoms with Crippen molar-refractivity contribution in [3.63, 3.8) is 0 Å². The van der Waals surface area contributed by atoms with Gasteiger partial charge in [-0.25, -0.2) is 0 Å². The molecule has 1 N–H and O–H groups in total. The van der Waals surface area contributed by atoms with E-state index in [4.69, 9.17) is 4.74 Å². The van der Waals surface area contributed by atoms with Gasteiger partial charge in [0.15, 0.2) is 0 Å². The van der Waals surface area contributed by atoms with Crippen molar-refractivity contribution in [3.05, 3.63) is 35.4 Å². The highest BCUT2D eigenvalue weighted by Crippen LogP contribution is 2.41. The minimum absolute atomic E-state index is 0.319. The van der Waals surface area contributed by atoms with Crippen LogP contribution in [0.15, 0.2) is 24.3 Å². The van der Waals surface area contributed by atoms with Gasteiger partial charge in [-0.15, -0.1) is 0 Å². The zero-order valence-electron chi connectivity index (χ0n) is 14.1. The Morgan fingerprint density at radius 1 is 1.24 bits per heavy atom. The van der Waals surface area contributed by atoms with Gasteiger partial charge in [0.2, 0.25) is 0 Å². The molecule has 0 saturated carbocycles. The van der Waals surface area contributed by atoms with E-state index in [0.29, 0.717) is 17.6 Å². The topological polar surface area (TPSA) is 21.3 Å². The molecule has 2 rings (SSSR count). The third-order valence-electron chi connectivity index (χ3n) is 4.54. The van der Waals surface area contributed by atoms with Gasteiger partial charge in [-0.05, 0) is 62.6 Å². The molecular formula is C19H31NO. The first kappa shape index (κ1) is 16.5. The smallest absolute Gasteiger partial charge is 0.0518 e. The highest BCUT2D eigenvalue weighted by atomic mass is 16.5. The van der Waals surface area contributed by atoms with E-state index in [2.05, 4.69) is 57.3 Å². The number of fused-ring (bicyclic) bond motifs is 1. The van der Waals surface area contributed by atoms with Gasteiger partial charge in [-0.2, -0.15) is 0 Å². The van der Waals surface area contributed by atoms with Crippen molar-refractivity contribution in [3.8, 4) is 0 Å². The van der Waals surface area contributed by atoms with E-state index in [1.165, 1.54) is 30.4 Å². The molecule has 0 bridgehead atoms. The SMILES string of the molecule is CC(C)OCCCCNC1CCC(C)(C)c2ccccc21. The summed E-state index contributed by atoms with van der Waals surface area (Å²) in [7, 11) is 0. The number of nitrogens with one attached hydrogen (secondary N) is 1. The fraction of sp³-hybridized carbons (Fsp3) is 0.684. The monoisotopic (exact) mass is 289 g/mol. The minimum atomic E-state index is 0.319. The lowest BCUT2D eigenvalue weighted by atomic mass is 9.71. The average Bonchev–Trinajstić information content (AvgIpc) is 2.45. The van der Waals surface area contributed by atoms with Crippen LogP contribution in [0.3, 0.4) is 0 Å². The van der Waals surface area contributed by atoms with Crippen molar-refractivity contribution in [2.45, 2.75) is 70.9 Å². The summed E-state index contributed by atoms with van der Waals surface area (Å²) in [5, 5.41) is 3.75. The summed E-state index contributed by atoms with van der Waals surface area (Å²) >= 11 is 0. The molecule has 1 aliphatic carbocycles. The van der Waals surface area contributed by atoms with Crippen LogP contribution in [0.4, 0.5) is 0 Å². The fourth-order valence-corrected chi connectivity index (χ4v) is 3.25. The summed E-state index contributed by atoms with van der Waals surface area (Å²) in [6.07, 6.45) is 5.19. The van der Waals surface area contributed by atoms with Gasteiger partial charge in [0.05, 0.1) is 6.10 Å². The fourth-order valence-electron chi connectivity index (χ4n) is 3.25. The summed E-state index contributed by atoms with van der Waals surface area (Å²) in [6, 6.07) is 9.48. The standard InChI is InChI=1S/C19H31NO/c1-15(2)21-14-8-7-13-20-18-11-12-19(3,4)17-10-6-5-9-16(17)18/h5-6,9-10,15,18,20H,7-8,11-14H2,1-4H3. The summed E-state index contributed by atoms with van der Waals surface area (Å²) in [4.78, 5) is 0. The van der Waals surface area contributed by atoms with E-state index in [1.54, 1.807) is 0 Å². The Labute approximate surface area is 130 Å². The van der Waals surface area contributed by atoms with Crippen LogP contribution in [0, 0.1) is 0 Å². The Balaban J connectivity index is 1.82. The lowest BCUT2D eigenvalue weighted by molar-refractivity contribution is 0.0759. The second-order valence-corrected chi connectivity index (χ2v) is 7.14. The number of benzene rings is 1. The van der Waals surface area contributed by atoms with Gasteiger partial charge in [-0.3, -0.25) is 0 Å². The van der Waals surface area contributed by atoms with Crippen LogP contribution >= 0.6 is 0 Å². The van der Waals surface area contributed by atoms with Gasteiger partial charge in [0, 0.05) is 12.6 Å². The molecular weight excluding hydrogens is 258 g/mol. The molecule has 2 nitrogen and oxygen atoms in total. The zero-order chi connectivity index (χ0) is 15.3. The highest BCUT2D eigenvalue weighted by molar-refractivity contribution is 5.38. The Morgan fingerprint density at radius 3 is 2.76 bits per heavy atom. The molecule has 1 unspecified atom stereocenters. The van der Waals surface area contributed by atoms with Crippen molar-refractivity contribution in [2.24, 2.45) is 0 Å². The van der Waals surface area contributed by atoms with Crippen molar-refractivity contribution in [2.75, 3.05) is 13.2 Å². The molecule has 1 atom stereocenters. The second-order valence-electron chi connectivity index (χ2n) is 7.14. The first-order valence-corrected chi connectivity index (χ1v) is 8.45. The minimum Gasteiger partial charge on any atom is -0.379 e. The molecule has 0 heterocycles. The predicted molar refractivity (Wildman–Crippen MR) is 89.8 cm³/mol. The van der Waals surface area contributed by atoms with Crippen LogP contribution in [0.1, 0.15) is 70.5 Å². The number of ether oxygens (including phenoxy) is 1. The number of unbranched alkanes of at least 4 members (excludes halogenated alkanes) is 1. The van der Waals surface area contributed by atoms with Crippen LogP contribution in [-0.4, -0.2) is 19.3 Å². The van der Waals surface area contributed by atoms with Gasteiger partial charge >= 0.3 is 0 Å². The maximum absolute atomic E-state index is 5.59. The lowest BCUT2D eigenvalue weighted by Gasteiger charge is -2.37. The van der Waals surface area contributed by atoms with E-state index in [-0.39, 0.29) is 0 Å². The average molecular weight is 289 g/mol. The van der Waals surface area contributed by atoms with Crippen LogP contribution < -0.4 is 5.32 Å².